The highest BCUT2D eigenvalue weighted by molar-refractivity contribution is 5.02. The molecular formula is C8H15N3. The molecule has 62 valence electrons. The maximum absolute atomic E-state index is 5.65. The molecule has 0 bridgehead atoms. The van der Waals surface area contributed by atoms with E-state index in [1.807, 2.05) is 23.9 Å². The molecule has 0 saturated carbocycles. The van der Waals surface area contributed by atoms with Gasteiger partial charge in [-0.3, -0.25) is 4.68 Å². The van der Waals surface area contributed by atoms with E-state index in [9.17, 15) is 0 Å². The Morgan fingerprint density at radius 2 is 2.45 bits per heavy atom. The number of nitrogens with zero attached hydrogens (tertiary/aromatic N) is 2. The van der Waals surface area contributed by atoms with Crippen molar-refractivity contribution >= 4 is 0 Å². The monoisotopic (exact) mass is 153 g/mol. The molecule has 1 atom stereocenters. The van der Waals surface area contributed by atoms with Crippen molar-refractivity contribution in [2.75, 3.05) is 0 Å². The Kier molecular flexibility index (Phi) is 2.65. The van der Waals surface area contributed by atoms with E-state index in [0.717, 1.165) is 18.7 Å². The molecule has 0 spiro atoms. The average molecular weight is 153 g/mol. The predicted molar refractivity (Wildman–Crippen MR) is 45.1 cm³/mol. The van der Waals surface area contributed by atoms with E-state index in [2.05, 4.69) is 12.0 Å². The van der Waals surface area contributed by atoms with Crippen LogP contribution in [0.15, 0.2) is 12.3 Å². The van der Waals surface area contributed by atoms with Crippen LogP contribution in [0.5, 0.6) is 0 Å². The SMILES string of the molecule is CCCn1ccc([C@H](C)N)n1. The third-order valence-corrected chi connectivity index (χ3v) is 1.58. The molecule has 1 rings (SSSR count). The molecule has 3 heteroatoms. The third kappa shape index (κ3) is 2.05. The van der Waals surface area contributed by atoms with E-state index in [0.29, 0.717) is 0 Å². The van der Waals surface area contributed by atoms with Crippen LogP contribution in [0.4, 0.5) is 0 Å². The zero-order valence-electron chi connectivity index (χ0n) is 7.12. The largest absolute Gasteiger partial charge is 0.323 e. The molecule has 0 radical (unpaired) electrons. The molecule has 0 fully saturated rings. The van der Waals surface area contributed by atoms with Crippen molar-refractivity contribution < 1.29 is 0 Å². The van der Waals surface area contributed by atoms with Crippen molar-refractivity contribution in [1.82, 2.24) is 9.78 Å². The van der Waals surface area contributed by atoms with Crippen LogP contribution in [0.1, 0.15) is 32.0 Å². The van der Waals surface area contributed by atoms with Crippen LogP contribution < -0.4 is 5.73 Å². The fourth-order valence-corrected chi connectivity index (χ4v) is 0.974. The Labute approximate surface area is 67.2 Å². The van der Waals surface area contributed by atoms with Gasteiger partial charge in [0.05, 0.1) is 5.69 Å². The Hall–Kier alpha value is -0.830. The summed E-state index contributed by atoms with van der Waals surface area (Å²) in [5, 5.41) is 4.29. The first-order valence-electron chi connectivity index (χ1n) is 4.03. The summed E-state index contributed by atoms with van der Waals surface area (Å²) in [6.07, 6.45) is 3.09. The number of hydrogen-bond donors (Lipinski definition) is 1. The molecule has 2 N–H and O–H groups in total. The zero-order valence-corrected chi connectivity index (χ0v) is 7.12. The summed E-state index contributed by atoms with van der Waals surface area (Å²) in [7, 11) is 0. The third-order valence-electron chi connectivity index (χ3n) is 1.58. The molecule has 0 saturated heterocycles. The van der Waals surface area contributed by atoms with E-state index in [4.69, 9.17) is 5.73 Å². The quantitative estimate of drug-likeness (QED) is 0.711. The number of hydrogen-bond acceptors (Lipinski definition) is 2. The topological polar surface area (TPSA) is 43.8 Å². The molecular weight excluding hydrogens is 138 g/mol. The first-order valence-corrected chi connectivity index (χ1v) is 4.03. The van der Waals surface area contributed by atoms with Gasteiger partial charge in [0.15, 0.2) is 0 Å². The molecule has 3 nitrogen and oxygen atoms in total. The van der Waals surface area contributed by atoms with Crippen LogP contribution in [0, 0.1) is 0 Å². The Morgan fingerprint density at radius 1 is 1.73 bits per heavy atom. The fourth-order valence-electron chi connectivity index (χ4n) is 0.974. The van der Waals surface area contributed by atoms with Gasteiger partial charge in [0.2, 0.25) is 0 Å². The lowest BCUT2D eigenvalue weighted by atomic mass is 10.3. The molecule has 0 unspecified atom stereocenters. The lowest BCUT2D eigenvalue weighted by molar-refractivity contribution is 0.585. The van der Waals surface area contributed by atoms with Crippen LogP contribution in [0.3, 0.4) is 0 Å². The van der Waals surface area contributed by atoms with Crippen LogP contribution in [-0.4, -0.2) is 9.78 Å². The van der Waals surface area contributed by atoms with E-state index >= 15 is 0 Å². The molecule has 1 aromatic heterocycles. The standard InChI is InChI=1S/C8H15N3/c1-3-5-11-6-4-8(10-11)7(2)9/h4,6-7H,3,5,9H2,1-2H3/t7-/m0/s1. The summed E-state index contributed by atoms with van der Waals surface area (Å²) in [4.78, 5) is 0. The number of nitrogens with two attached hydrogens (primary N) is 1. The molecule has 0 aliphatic rings. The van der Waals surface area contributed by atoms with Crippen LogP contribution >= 0.6 is 0 Å². The van der Waals surface area contributed by atoms with Gasteiger partial charge < -0.3 is 5.73 Å². The lowest BCUT2D eigenvalue weighted by Gasteiger charge is -1.99. The summed E-state index contributed by atoms with van der Waals surface area (Å²) in [5.74, 6) is 0. The van der Waals surface area contributed by atoms with Gasteiger partial charge in [0.1, 0.15) is 0 Å². The van der Waals surface area contributed by atoms with E-state index < -0.39 is 0 Å². The minimum atomic E-state index is 0.0492. The van der Waals surface area contributed by atoms with E-state index in [1.165, 1.54) is 0 Å². The molecule has 11 heavy (non-hydrogen) atoms. The van der Waals surface area contributed by atoms with Gasteiger partial charge in [0.25, 0.3) is 0 Å². The number of aromatic nitrogens is 2. The second-order valence-corrected chi connectivity index (χ2v) is 2.79. The Bertz CT molecular complexity index is 215. The van der Waals surface area contributed by atoms with Crippen molar-refractivity contribution in [3.8, 4) is 0 Å². The second kappa shape index (κ2) is 3.53. The van der Waals surface area contributed by atoms with Crippen molar-refractivity contribution in [2.24, 2.45) is 5.73 Å². The predicted octanol–water partition coefficient (Wildman–Crippen LogP) is 1.31. The normalized spacial score (nSPS) is 13.4. The second-order valence-electron chi connectivity index (χ2n) is 2.79. The van der Waals surface area contributed by atoms with Crippen LogP contribution in [-0.2, 0) is 6.54 Å². The summed E-state index contributed by atoms with van der Waals surface area (Å²) in [6.45, 7) is 5.05. The van der Waals surface area contributed by atoms with Gasteiger partial charge in [-0.2, -0.15) is 5.10 Å². The Balaban J connectivity index is 2.66. The van der Waals surface area contributed by atoms with Crippen LogP contribution in [0.2, 0.25) is 0 Å². The summed E-state index contributed by atoms with van der Waals surface area (Å²) < 4.78 is 1.93. The first kappa shape index (κ1) is 8.27. The van der Waals surface area contributed by atoms with Gasteiger partial charge in [-0.15, -0.1) is 0 Å². The molecule has 1 heterocycles. The summed E-state index contributed by atoms with van der Waals surface area (Å²) >= 11 is 0. The Morgan fingerprint density at radius 3 is 2.91 bits per heavy atom. The molecule has 0 aliphatic carbocycles. The highest BCUT2D eigenvalue weighted by Crippen LogP contribution is 2.04. The minimum Gasteiger partial charge on any atom is -0.323 e. The fraction of sp³-hybridized carbons (Fsp3) is 0.625. The van der Waals surface area contributed by atoms with E-state index in [1.54, 1.807) is 0 Å². The number of aryl methyl sites for hydroxylation is 1. The maximum atomic E-state index is 5.65. The van der Waals surface area contributed by atoms with Gasteiger partial charge in [-0.25, -0.2) is 0 Å². The van der Waals surface area contributed by atoms with Gasteiger partial charge >= 0.3 is 0 Å². The maximum Gasteiger partial charge on any atom is 0.0788 e. The summed E-state index contributed by atoms with van der Waals surface area (Å²) in [6, 6.07) is 2.02. The van der Waals surface area contributed by atoms with Gasteiger partial charge in [-0.05, 0) is 19.4 Å². The molecule has 1 aromatic rings. The smallest absolute Gasteiger partial charge is 0.0788 e. The van der Waals surface area contributed by atoms with Crippen molar-refractivity contribution in [3.05, 3.63) is 18.0 Å². The van der Waals surface area contributed by atoms with E-state index in [-0.39, 0.29) is 6.04 Å². The highest BCUT2D eigenvalue weighted by Gasteiger charge is 2.01. The average Bonchev–Trinajstić information content (AvgIpc) is 2.37. The van der Waals surface area contributed by atoms with Crippen molar-refractivity contribution in [3.63, 3.8) is 0 Å². The van der Waals surface area contributed by atoms with Crippen LogP contribution in [0.25, 0.3) is 0 Å². The summed E-state index contributed by atoms with van der Waals surface area (Å²) in [5.41, 5.74) is 6.62. The lowest BCUT2D eigenvalue weighted by Crippen LogP contribution is -2.07. The molecule has 0 aromatic carbocycles. The van der Waals surface area contributed by atoms with Crippen molar-refractivity contribution in [2.45, 2.75) is 32.9 Å². The first-order chi connectivity index (χ1) is 5.24. The minimum absolute atomic E-state index is 0.0492. The van der Waals surface area contributed by atoms with Gasteiger partial charge in [-0.1, -0.05) is 6.92 Å². The highest BCUT2D eigenvalue weighted by atomic mass is 15.3. The van der Waals surface area contributed by atoms with Gasteiger partial charge in [0, 0.05) is 18.8 Å². The molecule has 0 amide bonds. The number of rotatable bonds is 3. The van der Waals surface area contributed by atoms with Crippen molar-refractivity contribution in [1.29, 1.82) is 0 Å². The zero-order chi connectivity index (χ0) is 8.27. The molecule has 0 aliphatic heterocycles.